The molecule has 20 heavy (non-hydrogen) atoms. The third kappa shape index (κ3) is 2.76. The smallest absolute Gasteiger partial charge is 0.335 e. The van der Waals surface area contributed by atoms with Gasteiger partial charge in [0.15, 0.2) is 0 Å². The summed E-state index contributed by atoms with van der Waals surface area (Å²) in [5, 5.41) is 8.81. The van der Waals surface area contributed by atoms with Crippen LogP contribution in [0.5, 0.6) is 0 Å². The third-order valence-electron chi connectivity index (χ3n) is 4.18. The molecule has 2 rings (SSSR count). The number of benzene rings is 1. The van der Waals surface area contributed by atoms with Crippen molar-refractivity contribution < 1.29 is 18.7 Å². The Labute approximate surface area is 117 Å². The van der Waals surface area contributed by atoms with Gasteiger partial charge >= 0.3 is 5.97 Å². The summed E-state index contributed by atoms with van der Waals surface area (Å²) in [6, 6.07) is 1.85. The molecule has 1 fully saturated rings. The third-order valence-corrected chi connectivity index (χ3v) is 4.18. The average molecular weight is 283 g/mol. The second-order valence-electron chi connectivity index (χ2n) is 5.53. The summed E-state index contributed by atoms with van der Waals surface area (Å²) in [6.07, 6.45) is 4.15. The van der Waals surface area contributed by atoms with Crippen LogP contribution in [-0.4, -0.2) is 24.2 Å². The van der Waals surface area contributed by atoms with E-state index in [1.807, 2.05) is 0 Å². The molecule has 1 N–H and O–H groups in total. The van der Waals surface area contributed by atoms with E-state index < -0.39 is 17.6 Å². The number of carbonyl (C=O) groups is 1. The van der Waals surface area contributed by atoms with Gasteiger partial charge in [-0.2, -0.15) is 0 Å². The summed E-state index contributed by atoms with van der Waals surface area (Å²) < 4.78 is 28.1. The number of carboxylic acid groups (broad SMARTS) is 1. The van der Waals surface area contributed by atoms with Gasteiger partial charge in [0.05, 0.1) is 5.56 Å². The molecule has 0 radical (unpaired) electrons. The van der Waals surface area contributed by atoms with Crippen LogP contribution in [-0.2, 0) is 0 Å². The zero-order chi connectivity index (χ0) is 14.9. The Kier molecular flexibility index (Phi) is 4.26. The SMILES string of the molecule is CC1CCCCC1N(C)c1c(F)cc(C(=O)O)cc1F. The Morgan fingerprint density at radius 2 is 1.80 bits per heavy atom. The number of halogens is 2. The standard InChI is InChI=1S/C15H19F2NO2/c1-9-5-3-4-6-13(9)18(2)14-11(16)7-10(15(19)20)8-12(14)17/h7-9,13H,3-6H2,1-2H3,(H,19,20). The van der Waals surface area contributed by atoms with Crippen molar-refractivity contribution in [3.05, 3.63) is 29.3 Å². The lowest BCUT2D eigenvalue weighted by Crippen LogP contribution is -2.40. The molecule has 0 spiro atoms. The van der Waals surface area contributed by atoms with E-state index in [0.717, 1.165) is 37.8 Å². The number of rotatable bonds is 3. The lowest BCUT2D eigenvalue weighted by molar-refractivity contribution is 0.0695. The highest BCUT2D eigenvalue weighted by Gasteiger charge is 2.28. The van der Waals surface area contributed by atoms with E-state index in [0.29, 0.717) is 5.92 Å². The fraction of sp³-hybridized carbons (Fsp3) is 0.533. The largest absolute Gasteiger partial charge is 0.478 e. The second kappa shape index (κ2) is 5.77. The first-order chi connectivity index (χ1) is 9.41. The monoisotopic (exact) mass is 283 g/mol. The number of hydrogen-bond donors (Lipinski definition) is 1. The summed E-state index contributed by atoms with van der Waals surface area (Å²) in [6.45, 7) is 2.09. The summed E-state index contributed by atoms with van der Waals surface area (Å²) in [5.41, 5.74) is -0.498. The van der Waals surface area contributed by atoms with Crippen molar-refractivity contribution in [3.63, 3.8) is 0 Å². The first kappa shape index (κ1) is 14.8. The highest BCUT2D eigenvalue weighted by Crippen LogP contribution is 2.33. The van der Waals surface area contributed by atoms with Gasteiger partial charge in [-0.05, 0) is 30.9 Å². The quantitative estimate of drug-likeness (QED) is 0.920. The van der Waals surface area contributed by atoms with Crippen molar-refractivity contribution >= 4 is 11.7 Å². The molecular formula is C15H19F2NO2. The average Bonchev–Trinajstić information content (AvgIpc) is 2.38. The number of hydrogen-bond acceptors (Lipinski definition) is 2. The van der Waals surface area contributed by atoms with Crippen LogP contribution in [0.25, 0.3) is 0 Å². The minimum atomic E-state index is -1.33. The Hall–Kier alpha value is -1.65. The van der Waals surface area contributed by atoms with E-state index in [1.165, 1.54) is 0 Å². The Morgan fingerprint density at radius 1 is 1.25 bits per heavy atom. The molecule has 0 saturated heterocycles. The van der Waals surface area contributed by atoms with E-state index in [2.05, 4.69) is 6.92 Å². The normalized spacial score (nSPS) is 22.6. The van der Waals surface area contributed by atoms with Crippen LogP contribution in [0.4, 0.5) is 14.5 Å². The molecule has 0 amide bonds. The van der Waals surface area contributed by atoms with Crippen molar-refractivity contribution in [2.45, 2.75) is 38.6 Å². The van der Waals surface area contributed by atoms with Crippen LogP contribution >= 0.6 is 0 Å². The van der Waals surface area contributed by atoms with Crippen LogP contribution in [0.3, 0.4) is 0 Å². The molecule has 0 bridgehead atoms. The molecule has 3 nitrogen and oxygen atoms in total. The van der Waals surface area contributed by atoms with Gasteiger partial charge in [-0.1, -0.05) is 19.8 Å². The zero-order valence-corrected chi connectivity index (χ0v) is 11.7. The molecule has 0 aromatic heterocycles. The van der Waals surface area contributed by atoms with Gasteiger partial charge in [-0.25, -0.2) is 13.6 Å². The molecule has 0 aliphatic heterocycles. The van der Waals surface area contributed by atoms with E-state index in [4.69, 9.17) is 5.11 Å². The molecule has 1 aromatic carbocycles. The first-order valence-corrected chi connectivity index (χ1v) is 6.87. The van der Waals surface area contributed by atoms with Gasteiger partial charge in [0.25, 0.3) is 0 Å². The van der Waals surface area contributed by atoms with E-state index in [9.17, 15) is 13.6 Å². The molecule has 5 heteroatoms. The molecule has 1 aliphatic carbocycles. The summed E-state index contributed by atoms with van der Waals surface area (Å²) in [7, 11) is 1.68. The fourth-order valence-electron chi connectivity index (χ4n) is 3.06. The molecule has 1 aliphatic rings. The molecule has 1 aromatic rings. The maximum atomic E-state index is 14.1. The molecule has 2 atom stereocenters. The van der Waals surface area contributed by atoms with E-state index in [1.54, 1.807) is 11.9 Å². The number of nitrogens with zero attached hydrogens (tertiary/aromatic N) is 1. The van der Waals surface area contributed by atoms with Crippen molar-refractivity contribution in [1.82, 2.24) is 0 Å². The van der Waals surface area contributed by atoms with E-state index >= 15 is 0 Å². The molecule has 2 unspecified atom stereocenters. The Morgan fingerprint density at radius 3 is 2.30 bits per heavy atom. The van der Waals surface area contributed by atoms with Crippen LogP contribution in [0.15, 0.2) is 12.1 Å². The van der Waals surface area contributed by atoms with Gasteiger partial charge in [0.2, 0.25) is 0 Å². The zero-order valence-electron chi connectivity index (χ0n) is 11.7. The maximum absolute atomic E-state index is 14.1. The highest BCUT2D eigenvalue weighted by molar-refractivity contribution is 5.88. The maximum Gasteiger partial charge on any atom is 0.335 e. The van der Waals surface area contributed by atoms with Crippen LogP contribution in [0, 0.1) is 17.6 Å². The topological polar surface area (TPSA) is 40.5 Å². The molecule has 110 valence electrons. The minimum absolute atomic E-state index is 0.0865. The predicted octanol–water partition coefficient (Wildman–Crippen LogP) is 3.68. The molecular weight excluding hydrogens is 264 g/mol. The van der Waals surface area contributed by atoms with Crippen molar-refractivity contribution in [2.75, 3.05) is 11.9 Å². The van der Waals surface area contributed by atoms with E-state index in [-0.39, 0.29) is 17.3 Å². The van der Waals surface area contributed by atoms with Crippen molar-refractivity contribution in [2.24, 2.45) is 5.92 Å². The van der Waals surface area contributed by atoms with Gasteiger partial charge in [-0.15, -0.1) is 0 Å². The lowest BCUT2D eigenvalue weighted by Gasteiger charge is -2.37. The molecule has 1 saturated carbocycles. The summed E-state index contributed by atoms with van der Waals surface area (Å²) in [5.74, 6) is -2.60. The number of anilines is 1. The molecule has 0 heterocycles. The number of carboxylic acids is 1. The van der Waals surface area contributed by atoms with Gasteiger partial charge in [-0.3, -0.25) is 0 Å². The Bertz CT molecular complexity index is 496. The minimum Gasteiger partial charge on any atom is -0.478 e. The van der Waals surface area contributed by atoms with Crippen LogP contribution in [0.2, 0.25) is 0 Å². The summed E-state index contributed by atoms with van der Waals surface area (Å²) in [4.78, 5) is 12.4. The highest BCUT2D eigenvalue weighted by atomic mass is 19.1. The van der Waals surface area contributed by atoms with Crippen molar-refractivity contribution in [3.8, 4) is 0 Å². The Balaban J connectivity index is 2.34. The lowest BCUT2D eigenvalue weighted by atomic mass is 9.85. The predicted molar refractivity (Wildman–Crippen MR) is 73.1 cm³/mol. The van der Waals surface area contributed by atoms with Crippen molar-refractivity contribution in [1.29, 1.82) is 0 Å². The van der Waals surface area contributed by atoms with Gasteiger partial charge in [0, 0.05) is 13.1 Å². The number of aromatic carboxylic acids is 1. The van der Waals surface area contributed by atoms with Gasteiger partial charge in [0.1, 0.15) is 17.3 Å². The van der Waals surface area contributed by atoms with Crippen LogP contribution < -0.4 is 4.90 Å². The van der Waals surface area contributed by atoms with Crippen LogP contribution in [0.1, 0.15) is 43.0 Å². The fourth-order valence-corrected chi connectivity index (χ4v) is 3.06. The first-order valence-electron chi connectivity index (χ1n) is 6.87. The second-order valence-corrected chi connectivity index (χ2v) is 5.53. The van der Waals surface area contributed by atoms with Gasteiger partial charge < -0.3 is 10.0 Å². The summed E-state index contributed by atoms with van der Waals surface area (Å²) >= 11 is 0.